The minimum atomic E-state index is -0.706. The van der Waals surface area contributed by atoms with Crippen molar-refractivity contribution in [2.45, 2.75) is 50.5 Å². The van der Waals surface area contributed by atoms with Crippen LogP contribution in [0.4, 0.5) is 0 Å². The fraction of sp³-hybridized carbons (Fsp3) is 0.857. The predicted molar refractivity (Wildman–Crippen MR) is 63.6 cm³/mol. The second kappa shape index (κ2) is 3.37. The quantitative estimate of drug-likeness (QED) is 0.622. The lowest BCUT2D eigenvalue weighted by Crippen LogP contribution is -2.58. The Kier molecular flexibility index (Phi) is 2.13. The summed E-state index contributed by atoms with van der Waals surface area (Å²) in [5.41, 5.74) is 0. The van der Waals surface area contributed by atoms with Crippen LogP contribution < -0.4 is 0 Å². The standard InChI is InChI=1S/C14H20O4/c1-14(2)17-12-10(15)8-6-3-4-7(5-6)9(8)11(16)13(12)18-14/h3-4,6-13,15-16H,5H2,1-2H3/t6-,7-,8-,9+,10+,11-,12-,13+/m1/s1. The van der Waals surface area contributed by atoms with Crippen LogP contribution >= 0.6 is 0 Å². The molecule has 2 saturated carbocycles. The summed E-state index contributed by atoms with van der Waals surface area (Å²) in [7, 11) is 0. The summed E-state index contributed by atoms with van der Waals surface area (Å²) in [6, 6.07) is 0. The lowest BCUT2D eigenvalue weighted by Gasteiger charge is -2.44. The highest BCUT2D eigenvalue weighted by molar-refractivity contribution is 5.20. The Morgan fingerprint density at radius 2 is 1.39 bits per heavy atom. The van der Waals surface area contributed by atoms with Crippen LogP contribution in [0.25, 0.3) is 0 Å². The van der Waals surface area contributed by atoms with Crippen molar-refractivity contribution < 1.29 is 19.7 Å². The molecule has 0 amide bonds. The molecule has 4 aliphatic rings. The van der Waals surface area contributed by atoms with Gasteiger partial charge < -0.3 is 19.7 Å². The molecule has 8 atom stereocenters. The van der Waals surface area contributed by atoms with E-state index in [1.54, 1.807) is 0 Å². The van der Waals surface area contributed by atoms with Gasteiger partial charge >= 0.3 is 0 Å². The Hall–Kier alpha value is -0.420. The monoisotopic (exact) mass is 252 g/mol. The lowest BCUT2D eigenvalue weighted by molar-refractivity contribution is -0.158. The van der Waals surface area contributed by atoms with E-state index in [1.165, 1.54) is 0 Å². The molecule has 0 radical (unpaired) electrons. The molecule has 3 aliphatic carbocycles. The van der Waals surface area contributed by atoms with Gasteiger partial charge in [-0.3, -0.25) is 0 Å². The number of rotatable bonds is 0. The van der Waals surface area contributed by atoms with Crippen LogP contribution in [0.15, 0.2) is 12.2 Å². The fourth-order valence-corrected chi connectivity index (χ4v) is 4.64. The van der Waals surface area contributed by atoms with Gasteiger partial charge in [0, 0.05) is 0 Å². The second-order valence-electron chi connectivity index (χ2n) is 6.65. The Balaban J connectivity index is 1.71. The van der Waals surface area contributed by atoms with Gasteiger partial charge in [0.15, 0.2) is 5.79 Å². The van der Waals surface area contributed by atoms with Gasteiger partial charge in [0.1, 0.15) is 12.2 Å². The highest BCUT2D eigenvalue weighted by atomic mass is 16.8. The third-order valence-corrected chi connectivity index (χ3v) is 5.21. The second-order valence-corrected chi connectivity index (χ2v) is 6.65. The molecule has 2 bridgehead atoms. The van der Waals surface area contributed by atoms with E-state index in [4.69, 9.17) is 9.47 Å². The van der Waals surface area contributed by atoms with Gasteiger partial charge in [-0.1, -0.05) is 12.2 Å². The molecule has 3 fully saturated rings. The average molecular weight is 252 g/mol. The number of hydrogen-bond donors (Lipinski definition) is 2. The average Bonchev–Trinajstić information content (AvgIpc) is 2.96. The summed E-state index contributed by atoms with van der Waals surface area (Å²) >= 11 is 0. The summed E-state index contributed by atoms with van der Waals surface area (Å²) in [5.74, 6) is 0.362. The topological polar surface area (TPSA) is 58.9 Å². The van der Waals surface area contributed by atoms with Crippen LogP contribution in [0, 0.1) is 23.7 Å². The molecule has 18 heavy (non-hydrogen) atoms. The van der Waals surface area contributed by atoms with E-state index in [2.05, 4.69) is 12.2 Å². The van der Waals surface area contributed by atoms with Gasteiger partial charge in [-0.05, 0) is 43.9 Å². The van der Waals surface area contributed by atoms with E-state index < -0.39 is 18.0 Å². The minimum absolute atomic E-state index is 0.133. The van der Waals surface area contributed by atoms with Crippen molar-refractivity contribution in [2.75, 3.05) is 0 Å². The van der Waals surface area contributed by atoms with Gasteiger partial charge in [-0.2, -0.15) is 0 Å². The molecule has 4 nitrogen and oxygen atoms in total. The Bertz CT molecular complexity index is 371. The van der Waals surface area contributed by atoms with E-state index in [-0.39, 0.29) is 24.0 Å². The summed E-state index contributed by atoms with van der Waals surface area (Å²) in [6.45, 7) is 3.68. The Labute approximate surface area is 107 Å². The van der Waals surface area contributed by atoms with Crippen LogP contribution in [-0.4, -0.2) is 40.4 Å². The Morgan fingerprint density at radius 1 is 0.944 bits per heavy atom. The van der Waals surface area contributed by atoms with E-state index >= 15 is 0 Å². The van der Waals surface area contributed by atoms with Crippen molar-refractivity contribution in [3.63, 3.8) is 0 Å². The largest absolute Gasteiger partial charge is 0.390 e. The SMILES string of the molecule is CC1(C)O[C@@H]2[C@@H](O)[C@H]3[C@@H]([C@@H](O)[C@@H]2O1)[C@@H]1C=C[C@@H]3C1. The number of ether oxygens (including phenoxy) is 2. The number of aliphatic hydroxyl groups is 2. The van der Waals surface area contributed by atoms with Crippen molar-refractivity contribution in [2.24, 2.45) is 23.7 Å². The maximum atomic E-state index is 10.6. The Morgan fingerprint density at radius 3 is 1.83 bits per heavy atom. The van der Waals surface area contributed by atoms with E-state index in [1.807, 2.05) is 13.8 Å². The maximum absolute atomic E-state index is 10.6. The summed E-state index contributed by atoms with van der Waals surface area (Å²) in [4.78, 5) is 0. The van der Waals surface area contributed by atoms with Gasteiger partial charge in [0.05, 0.1) is 12.2 Å². The van der Waals surface area contributed by atoms with Crippen molar-refractivity contribution in [1.82, 2.24) is 0 Å². The first-order valence-corrected chi connectivity index (χ1v) is 6.88. The zero-order chi connectivity index (χ0) is 12.7. The van der Waals surface area contributed by atoms with Gasteiger partial charge in [-0.15, -0.1) is 0 Å². The summed E-state index contributed by atoms with van der Waals surface area (Å²) in [5, 5.41) is 21.1. The first-order chi connectivity index (χ1) is 8.48. The molecule has 1 saturated heterocycles. The number of aliphatic hydroxyl groups excluding tert-OH is 2. The molecule has 2 N–H and O–H groups in total. The molecular formula is C14H20O4. The van der Waals surface area contributed by atoms with Crippen LogP contribution in [0.2, 0.25) is 0 Å². The van der Waals surface area contributed by atoms with Gasteiger partial charge in [0.25, 0.3) is 0 Å². The summed E-state index contributed by atoms with van der Waals surface area (Å²) < 4.78 is 11.6. The van der Waals surface area contributed by atoms with Crippen molar-refractivity contribution >= 4 is 0 Å². The van der Waals surface area contributed by atoms with Crippen LogP contribution in [0.1, 0.15) is 20.3 Å². The van der Waals surface area contributed by atoms with Crippen LogP contribution in [-0.2, 0) is 9.47 Å². The van der Waals surface area contributed by atoms with E-state index in [0.29, 0.717) is 11.8 Å². The zero-order valence-corrected chi connectivity index (χ0v) is 10.7. The predicted octanol–water partition coefficient (Wildman–Crippen LogP) is 0.680. The molecule has 100 valence electrons. The first-order valence-electron chi connectivity index (χ1n) is 6.88. The molecule has 0 aromatic rings. The molecule has 0 spiro atoms. The molecule has 4 heteroatoms. The molecule has 4 rings (SSSR count). The minimum Gasteiger partial charge on any atom is -0.390 e. The highest BCUT2D eigenvalue weighted by Gasteiger charge is 2.63. The van der Waals surface area contributed by atoms with Gasteiger partial charge in [-0.25, -0.2) is 0 Å². The van der Waals surface area contributed by atoms with Crippen LogP contribution in [0.3, 0.4) is 0 Å². The van der Waals surface area contributed by atoms with E-state index in [0.717, 1.165) is 6.42 Å². The van der Waals surface area contributed by atoms with Crippen LogP contribution in [0.5, 0.6) is 0 Å². The number of allylic oxidation sites excluding steroid dienone is 2. The molecule has 1 aliphatic heterocycles. The van der Waals surface area contributed by atoms with Crippen molar-refractivity contribution in [3.8, 4) is 0 Å². The molecule has 0 unspecified atom stereocenters. The maximum Gasteiger partial charge on any atom is 0.164 e. The fourth-order valence-electron chi connectivity index (χ4n) is 4.64. The molecule has 1 heterocycles. The van der Waals surface area contributed by atoms with Crippen molar-refractivity contribution in [3.05, 3.63) is 12.2 Å². The highest BCUT2D eigenvalue weighted by Crippen LogP contribution is 2.56. The normalized spacial score (nSPS) is 59.8. The third-order valence-electron chi connectivity index (χ3n) is 5.21. The first kappa shape index (κ1) is 11.4. The number of hydrogen-bond acceptors (Lipinski definition) is 4. The zero-order valence-electron chi connectivity index (χ0n) is 10.7. The third kappa shape index (κ3) is 1.29. The smallest absolute Gasteiger partial charge is 0.164 e. The molecular weight excluding hydrogens is 232 g/mol. The van der Waals surface area contributed by atoms with E-state index in [9.17, 15) is 10.2 Å². The molecule has 0 aromatic carbocycles. The van der Waals surface area contributed by atoms with Gasteiger partial charge in [0.2, 0.25) is 0 Å². The van der Waals surface area contributed by atoms with Crippen molar-refractivity contribution in [1.29, 1.82) is 0 Å². The summed E-state index contributed by atoms with van der Waals surface area (Å²) in [6.07, 6.45) is 3.64. The lowest BCUT2D eigenvalue weighted by atomic mass is 9.68. The molecule has 0 aromatic heterocycles. The number of fused-ring (bicyclic) bond motifs is 6.